The summed E-state index contributed by atoms with van der Waals surface area (Å²) >= 11 is 0. The van der Waals surface area contributed by atoms with Crippen LogP contribution in [0.4, 0.5) is 0 Å². The zero-order chi connectivity index (χ0) is 8.27. The van der Waals surface area contributed by atoms with E-state index in [0.717, 1.165) is 0 Å². The highest BCUT2D eigenvalue weighted by Gasteiger charge is 2.08. The Hall–Kier alpha value is -0.850. The van der Waals surface area contributed by atoms with Crippen LogP contribution in [0.3, 0.4) is 0 Å². The fraction of sp³-hybridized carbons (Fsp3) is 0.600. The quantitative estimate of drug-likeness (QED) is 0.585. The number of aromatic nitrogens is 3. The summed E-state index contributed by atoms with van der Waals surface area (Å²) in [6.45, 7) is 0.334. The number of hydrogen-bond donors (Lipinski definition) is 3. The highest BCUT2D eigenvalue weighted by molar-refractivity contribution is 5.85. The summed E-state index contributed by atoms with van der Waals surface area (Å²) in [5.74, 6) is 0.414. The third kappa shape index (κ3) is 2.65. The summed E-state index contributed by atoms with van der Waals surface area (Å²) in [4.78, 5) is 13.0. The number of H-pyrrole nitrogens is 2. The zero-order valence-electron chi connectivity index (χ0n) is 6.53. The van der Waals surface area contributed by atoms with Gasteiger partial charge in [0.05, 0.1) is 12.6 Å². The molecule has 1 aromatic heterocycles. The molecule has 0 aromatic carbocycles. The van der Waals surface area contributed by atoms with Gasteiger partial charge in [-0.2, -0.15) is 5.10 Å². The molecule has 1 unspecified atom stereocenters. The number of nitrogens with zero attached hydrogens (tertiary/aromatic N) is 1. The van der Waals surface area contributed by atoms with Gasteiger partial charge in [0.1, 0.15) is 5.82 Å². The van der Waals surface area contributed by atoms with Crippen LogP contribution in [0.5, 0.6) is 0 Å². The largest absolute Gasteiger partial charge is 0.383 e. The molecule has 70 valence electrons. The number of nitrogens with one attached hydrogen (secondary N) is 2. The van der Waals surface area contributed by atoms with Crippen molar-refractivity contribution in [2.75, 3.05) is 13.7 Å². The highest BCUT2D eigenvalue weighted by Crippen LogP contribution is 1.98. The van der Waals surface area contributed by atoms with Crippen LogP contribution < -0.4 is 11.4 Å². The summed E-state index contributed by atoms with van der Waals surface area (Å²) in [5, 5.41) is 5.85. The first-order valence-electron chi connectivity index (χ1n) is 3.13. The van der Waals surface area contributed by atoms with Crippen molar-refractivity contribution in [2.45, 2.75) is 6.04 Å². The van der Waals surface area contributed by atoms with Crippen molar-refractivity contribution in [3.05, 3.63) is 16.3 Å². The highest BCUT2D eigenvalue weighted by atomic mass is 35.5. The van der Waals surface area contributed by atoms with E-state index in [4.69, 9.17) is 10.5 Å². The molecule has 4 N–H and O–H groups in total. The second kappa shape index (κ2) is 4.91. The number of ether oxygens (including phenoxy) is 1. The predicted molar refractivity (Wildman–Crippen MR) is 45.3 cm³/mol. The van der Waals surface area contributed by atoms with Crippen LogP contribution in [0.2, 0.25) is 0 Å². The van der Waals surface area contributed by atoms with E-state index in [1.807, 2.05) is 0 Å². The average molecular weight is 195 g/mol. The Bertz CT molecular complexity index is 270. The van der Waals surface area contributed by atoms with Gasteiger partial charge in [-0.3, -0.25) is 4.98 Å². The van der Waals surface area contributed by atoms with Crippen molar-refractivity contribution < 1.29 is 4.74 Å². The molecule has 0 saturated heterocycles. The van der Waals surface area contributed by atoms with Crippen molar-refractivity contribution in [3.63, 3.8) is 0 Å². The molecule has 0 saturated carbocycles. The second-order valence-electron chi connectivity index (χ2n) is 2.12. The Balaban J connectivity index is 0.00000121. The molecule has 1 aromatic rings. The van der Waals surface area contributed by atoms with Gasteiger partial charge in [-0.15, -0.1) is 12.4 Å². The van der Waals surface area contributed by atoms with E-state index in [-0.39, 0.29) is 24.1 Å². The monoisotopic (exact) mass is 194 g/mol. The SMILES string of the molecule is COCC(N)c1n[nH]c(=O)[nH]1.Cl. The van der Waals surface area contributed by atoms with E-state index in [2.05, 4.69) is 15.2 Å². The minimum absolute atomic E-state index is 0. The molecule has 0 radical (unpaired) electrons. The third-order valence-electron chi connectivity index (χ3n) is 1.22. The lowest BCUT2D eigenvalue weighted by Gasteiger charge is -2.04. The first-order chi connectivity index (χ1) is 5.24. The van der Waals surface area contributed by atoms with E-state index in [1.165, 1.54) is 7.11 Å². The molecule has 1 heterocycles. The molecule has 12 heavy (non-hydrogen) atoms. The van der Waals surface area contributed by atoms with Gasteiger partial charge >= 0.3 is 5.69 Å². The summed E-state index contributed by atoms with van der Waals surface area (Å²) < 4.78 is 4.77. The number of halogens is 1. The minimum atomic E-state index is -0.376. The Morgan fingerprint density at radius 2 is 2.42 bits per heavy atom. The van der Waals surface area contributed by atoms with E-state index in [9.17, 15) is 4.79 Å². The van der Waals surface area contributed by atoms with E-state index in [1.54, 1.807) is 0 Å². The fourth-order valence-corrected chi connectivity index (χ4v) is 0.717. The maximum Gasteiger partial charge on any atom is 0.340 e. The minimum Gasteiger partial charge on any atom is -0.383 e. The molecule has 1 atom stereocenters. The van der Waals surface area contributed by atoms with Crippen molar-refractivity contribution in [2.24, 2.45) is 5.73 Å². The number of methoxy groups -OCH3 is 1. The first kappa shape index (κ1) is 11.2. The van der Waals surface area contributed by atoms with Gasteiger partial charge in [0, 0.05) is 7.11 Å². The first-order valence-corrected chi connectivity index (χ1v) is 3.13. The summed E-state index contributed by atoms with van der Waals surface area (Å²) in [6.07, 6.45) is 0. The molecule has 0 aliphatic carbocycles. The number of hydrogen-bond acceptors (Lipinski definition) is 4. The lowest BCUT2D eigenvalue weighted by molar-refractivity contribution is 0.178. The Morgan fingerprint density at radius 1 is 1.75 bits per heavy atom. The molecule has 0 aliphatic rings. The lowest BCUT2D eigenvalue weighted by atomic mass is 10.3. The van der Waals surface area contributed by atoms with Crippen LogP contribution in [0.15, 0.2) is 4.79 Å². The standard InChI is InChI=1S/C5H10N4O2.ClH/c1-11-2-3(6)4-7-5(10)9-8-4;/h3H,2,6H2,1H3,(H2,7,8,9,10);1H. The average Bonchev–Trinajstić information content (AvgIpc) is 2.36. The van der Waals surface area contributed by atoms with Gasteiger partial charge in [0.2, 0.25) is 0 Å². The van der Waals surface area contributed by atoms with Gasteiger partial charge in [-0.25, -0.2) is 9.89 Å². The van der Waals surface area contributed by atoms with E-state index >= 15 is 0 Å². The van der Waals surface area contributed by atoms with Gasteiger partial charge in [0.15, 0.2) is 0 Å². The molecule has 0 fully saturated rings. The molecule has 0 bridgehead atoms. The van der Waals surface area contributed by atoms with Crippen molar-refractivity contribution in [3.8, 4) is 0 Å². The second-order valence-corrected chi connectivity index (χ2v) is 2.12. The normalized spacial score (nSPS) is 12.2. The van der Waals surface area contributed by atoms with Crippen LogP contribution in [-0.2, 0) is 4.74 Å². The maximum atomic E-state index is 10.5. The predicted octanol–water partition coefficient (Wildman–Crippen LogP) is -0.834. The topological polar surface area (TPSA) is 96.8 Å². The molecule has 0 spiro atoms. The Morgan fingerprint density at radius 3 is 2.83 bits per heavy atom. The number of nitrogens with two attached hydrogens (primary N) is 1. The smallest absolute Gasteiger partial charge is 0.340 e. The molecule has 1 rings (SSSR count). The van der Waals surface area contributed by atoms with Gasteiger partial charge in [-0.05, 0) is 0 Å². The number of rotatable bonds is 3. The van der Waals surface area contributed by atoms with Crippen molar-refractivity contribution in [1.82, 2.24) is 15.2 Å². The molecule has 0 amide bonds. The van der Waals surface area contributed by atoms with Crippen molar-refractivity contribution >= 4 is 12.4 Å². The van der Waals surface area contributed by atoms with Crippen LogP contribution in [0.1, 0.15) is 11.9 Å². The Kier molecular flexibility index (Phi) is 4.57. The van der Waals surface area contributed by atoms with Gasteiger partial charge in [-0.1, -0.05) is 0 Å². The van der Waals surface area contributed by atoms with Crippen LogP contribution >= 0.6 is 12.4 Å². The summed E-state index contributed by atoms with van der Waals surface area (Å²) in [6, 6.07) is -0.376. The van der Waals surface area contributed by atoms with Crippen LogP contribution in [0.25, 0.3) is 0 Å². The Labute approximate surface area is 74.9 Å². The summed E-state index contributed by atoms with van der Waals surface area (Å²) in [7, 11) is 1.53. The van der Waals surface area contributed by atoms with E-state index < -0.39 is 0 Å². The zero-order valence-corrected chi connectivity index (χ0v) is 7.35. The summed E-state index contributed by atoms with van der Waals surface area (Å²) in [5.41, 5.74) is 5.19. The van der Waals surface area contributed by atoms with Gasteiger partial charge in [0.25, 0.3) is 0 Å². The molecule has 6 nitrogen and oxygen atoms in total. The molecular weight excluding hydrogens is 184 g/mol. The molecule has 7 heteroatoms. The van der Waals surface area contributed by atoms with E-state index in [0.29, 0.717) is 12.4 Å². The number of aromatic amines is 2. The van der Waals surface area contributed by atoms with Crippen molar-refractivity contribution in [1.29, 1.82) is 0 Å². The van der Waals surface area contributed by atoms with Crippen LogP contribution in [-0.4, -0.2) is 28.9 Å². The van der Waals surface area contributed by atoms with Gasteiger partial charge < -0.3 is 10.5 Å². The third-order valence-corrected chi connectivity index (χ3v) is 1.22. The maximum absolute atomic E-state index is 10.5. The molecular formula is C5H11ClN4O2. The molecule has 0 aliphatic heterocycles. The lowest BCUT2D eigenvalue weighted by Crippen LogP contribution is -2.18. The van der Waals surface area contributed by atoms with Crippen LogP contribution in [0, 0.1) is 0 Å². The fourth-order valence-electron chi connectivity index (χ4n) is 0.717.